The summed E-state index contributed by atoms with van der Waals surface area (Å²) in [5, 5.41) is 60.2. The van der Waals surface area contributed by atoms with Crippen LogP contribution in [0.3, 0.4) is 0 Å². The Morgan fingerprint density at radius 2 is 1.71 bits per heavy atom. The number of benzene rings is 2. The molecule has 3 aromatic rings. The number of fused-ring (bicyclic) bond motifs is 1. The van der Waals surface area contributed by atoms with Crippen LogP contribution < -0.4 is 19.6 Å². The first-order valence-electron chi connectivity index (χ1n) is 10.4. The first kappa shape index (κ1) is 24.6. The highest BCUT2D eigenvalue weighted by Gasteiger charge is 2.45. The van der Waals surface area contributed by atoms with Crippen molar-refractivity contribution < 1.29 is 54.0 Å². The second kappa shape index (κ2) is 9.60. The molecule has 1 aromatic heterocycles. The maximum absolute atomic E-state index is 13.2. The molecule has 0 amide bonds. The molecule has 0 radical (unpaired) electrons. The summed E-state index contributed by atoms with van der Waals surface area (Å²) in [6, 6.07) is 5.52. The monoisotopic (exact) mass is 492 g/mol. The molecule has 4 rings (SSSR count). The summed E-state index contributed by atoms with van der Waals surface area (Å²) in [7, 11) is 2.58. The minimum absolute atomic E-state index is 0.0374. The molecule has 6 N–H and O–H groups in total. The number of aliphatic hydroxyl groups excluding tert-OH is 4. The van der Waals surface area contributed by atoms with Gasteiger partial charge >= 0.3 is 0 Å². The second-order valence-electron chi connectivity index (χ2n) is 7.81. The van der Waals surface area contributed by atoms with E-state index < -0.39 is 48.5 Å². The number of ether oxygens (including phenoxy) is 4. The van der Waals surface area contributed by atoms with Gasteiger partial charge in [0.05, 0.1) is 26.4 Å². The van der Waals surface area contributed by atoms with Crippen molar-refractivity contribution in [2.75, 3.05) is 20.8 Å². The van der Waals surface area contributed by atoms with Gasteiger partial charge in [-0.15, -0.1) is 0 Å². The molecule has 0 saturated carbocycles. The first-order valence-corrected chi connectivity index (χ1v) is 10.4. The van der Waals surface area contributed by atoms with Gasteiger partial charge in [-0.1, -0.05) is 6.07 Å². The Morgan fingerprint density at radius 3 is 2.34 bits per heavy atom. The summed E-state index contributed by atoms with van der Waals surface area (Å²) in [6.07, 6.45) is -6.64. The van der Waals surface area contributed by atoms with Crippen LogP contribution in [-0.2, 0) is 4.74 Å². The van der Waals surface area contributed by atoms with Gasteiger partial charge in [-0.3, -0.25) is 4.79 Å². The molecule has 35 heavy (non-hydrogen) atoms. The summed E-state index contributed by atoms with van der Waals surface area (Å²) in [5.74, 6) is -1.12. The Kier molecular flexibility index (Phi) is 6.74. The first-order chi connectivity index (χ1) is 16.7. The van der Waals surface area contributed by atoms with Crippen molar-refractivity contribution in [1.29, 1.82) is 0 Å². The van der Waals surface area contributed by atoms with Crippen LogP contribution in [0.15, 0.2) is 39.7 Å². The highest BCUT2D eigenvalue weighted by atomic mass is 16.7. The topological polar surface area (TPSA) is 189 Å². The molecule has 2 heterocycles. The molecule has 0 bridgehead atoms. The fraction of sp³-hybridized carbons (Fsp3) is 0.348. The van der Waals surface area contributed by atoms with E-state index >= 15 is 0 Å². The van der Waals surface area contributed by atoms with Crippen molar-refractivity contribution in [3.63, 3.8) is 0 Å². The third-order valence-corrected chi connectivity index (χ3v) is 5.75. The molecule has 2 aromatic carbocycles. The van der Waals surface area contributed by atoms with E-state index in [0.717, 1.165) is 6.26 Å². The molecule has 1 aliphatic rings. The van der Waals surface area contributed by atoms with Gasteiger partial charge in [0.25, 0.3) is 0 Å². The highest BCUT2D eigenvalue weighted by molar-refractivity contribution is 5.91. The van der Waals surface area contributed by atoms with Gasteiger partial charge in [-0.05, 0) is 17.7 Å². The van der Waals surface area contributed by atoms with E-state index in [-0.39, 0.29) is 39.5 Å². The summed E-state index contributed by atoms with van der Waals surface area (Å²) >= 11 is 0. The van der Waals surface area contributed by atoms with Crippen LogP contribution in [0.1, 0.15) is 0 Å². The lowest BCUT2D eigenvalue weighted by atomic mass is 9.99. The Labute approximate surface area is 197 Å². The maximum Gasteiger partial charge on any atom is 0.229 e. The lowest BCUT2D eigenvalue weighted by Gasteiger charge is -2.39. The van der Waals surface area contributed by atoms with Crippen LogP contribution in [0.4, 0.5) is 0 Å². The molecule has 0 unspecified atom stereocenters. The molecular weight excluding hydrogens is 468 g/mol. The average Bonchev–Trinajstić information content (AvgIpc) is 2.84. The van der Waals surface area contributed by atoms with Crippen LogP contribution in [0.2, 0.25) is 0 Å². The van der Waals surface area contributed by atoms with Crippen LogP contribution in [0, 0.1) is 0 Å². The van der Waals surface area contributed by atoms with E-state index in [1.165, 1.54) is 38.5 Å². The zero-order valence-corrected chi connectivity index (χ0v) is 18.6. The zero-order chi connectivity index (χ0) is 25.4. The number of phenolic OH excluding ortho intramolecular Hbond substituents is 2. The molecule has 188 valence electrons. The van der Waals surface area contributed by atoms with Gasteiger partial charge < -0.3 is 54.0 Å². The summed E-state index contributed by atoms with van der Waals surface area (Å²) in [6.45, 7) is -0.663. The summed E-state index contributed by atoms with van der Waals surface area (Å²) in [4.78, 5) is 13.2. The number of aromatic hydroxyl groups is 2. The number of hydrogen-bond acceptors (Lipinski definition) is 12. The third-order valence-electron chi connectivity index (χ3n) is 5.75. The fourth-order valence-electron chi connectivity index (χ4n) is 3.86. The molecule has 1 aliphatic heterocycles. The van der Waals surface area contributed by atoms with Gasteiger partial charge in [-0.2, -0.15) is 0 Å². The number of phenols is 2. The van der Waals surface area contributed by atoms with Crippen LogP contribution >= 0.6 is 0 Å². The lowest BCUT2D eigenvalue weighted by Crippen LogP contribution is -2.60. The van der Waals surface area contributed by atoms with Crippen molar-refractivity contribution in [2.45, 2.75) is 30.7 Å². The van der Waals surface area contributed by atoms with Crippen molar-refractivity contribution >= 4 is 11.0 Å². The molecule has 0 aliphatic carbocycles. The standard InChI is InChI=1S/C23H24O12/c1-31-12-4-3-9(5-11(12)25)10-8-33-13-6-14(22(32-2)19(28)16(13)17(10)26)34-23-21(30)20(29)18(27)15(7-24)35-23/h3-6,8,15,18,20-21,23-25,27-30H,7H2,1-2H3/t15-,18-,20+,21-,23-/m1/s1. The van der Waals surface area contributed by atoms with Gasteiger partial charge in [0.2, 0.25) is 17.5 Å². The normalized spacial score (nSPS) is 24.3. The predicted molar refractivity (Wildman–Crippen MR) is 119 cm³/mol. The minimum Gasteiger partial charge on any atom is -0.504 e. The molecule has 1 fully saturated rings. The van der Waals surface area contributed by atoms with Crippen molar-refractivity contribution in [1.82, 2.24) is 0 Å². The predicted octanol–water partition coefficient (Wildman–Crippen LogP) is 0.0671. The molecule has 0 spiro atoms. The van der Waals surface area contributed by atoms with Gasteiger partial charge in [0.1, 0.15) is 41.6 Å². The number of aliphatic hydroxyl groups is 4. The Balaban J connectivity index is 1.77. The molecule has 12 nitrogen and oxygen atoms in total. The number of methoxy groups -OCH3 is 2. The van der Waals surface area contributed by atoms with E-state index in [9.17, 15) is 35.4 Å². The maximum atomic E-state index is 13.2. The van der Waals surface area contributed by atoms with Gasteiger partial charge in [0, 0.05) is 6.07 Å². The van der Waals surface area contributed by atoms with Crippen molar-refractivity contribution in [3.8, 4) is 39.9 Å². The molecule has 12 heteroatoms. The second-order valence-corrected chi connectivity index (χ2v) is 7.81. The summed E-state index contributed by atoms with van der Waals surface area (Å²) < 4.78 is 26.7. The molecular formula is C23H24O12. The smallest absolute Gasteiger partial charge is 0.229 e. The van der Waals surface area contributed by atoms with Crippen LogP contribution in [0.5, 0.6) is 28.7 Å². The van der Waals surface area contributed by atoms with Crippen molar-refractivity contribution in [2.24, 2.45) is 0 Å². The third kappa shape index (κ3) is 4.22. The number of rotatable bonds is 6. The quantitative estimate of drug-likeness (QED) is 0.272. The fourth-order valence-corrected chi connectivity index (χ4v) is 3.86. The van der Waals surface area contributed by atoms with E-state index in [2.05, 4.69) is 0 Å². The SMILES string of the molecule is COc1ccc(-c2coc3cc(O[C@@H]4O[C@H](CO)[C@@H](O)[C@H](O)[C@H]4O)c(OC)c(O)c3c2=O)cc1O. The summed E-state index contributed by atoms with van der Waals surface area (Å²) in [5.41, 5.74) is -0.394. The molecule has 1 saturated heterocycles. The number of hydrogen-bond donors (Lipinski definition) is 6. The zero-order valence-electron chi connectivity index (χ0n) is 18.6. The van der Waals surface area contributed by atoms with E-state index in [1.807, 2.05) is 0 Å². The van der Waals surface area contributed by atoms with E-state index in [4.69, 9.17) is 23.4 Å². The van der Waals surface area contributed by atoms with Gasteiger partial charge in [-0.25, -0.2) is 0 Å². The highest BCUT2D eigenvalue weighted by Crippen LogP contribution is 2.43. The molecule has 5 atom stereocenters. The van der Waals surface area contributed by atoms with E-state index in [1.54, 1.807) is 0 Å². The van der Waals surface area contributed by atoms with E-state index in [0.29, 0.717) is 5.56 Å². The Bertz CT molecular complexity index is 1280. The van der Waals surface area contributed by atoms with Gasteiger partial charge in [0.15, 0.2) is 23.0 Å². The van der Waals surface area contributed by atoms with Crippen LogP contribution in [0.25, 0.3) is 22.1 Å². The average molecular weight is 492 g/mol. The Morgan fingerprint density at radius 1 is 0.971 bits per heavy atom. The minimum atomic E-state index is -1.72. The van der Waals surface area contributed by atoms with Crippen molar-refractivity contribution in [3.05, 3.63) is 40.8 Å². The lowest BCUT2D eigenvalue weighted by molar-refractivity contribution is -0.277. The van der Waals surface area contributed by atoms with Crippen LogP contribution in [-0.4, -0.2) is 82.2 Å². The Hall–Kier alpha value is -3.55. The largest absolute Gasteiger partial charge is 0.504 e.